The molecule has 0 unspecified atom stereocenters. The number of aromatic nitrogens is 4. The van der Waals surface area contributed by atoms with Gasteiger partial charge in [0, 0.05) is 29.4 Å². The van der Waals surface area contributed by atoms with E-state index in [1.165, 1.54) is 12.8 Å². The van der Waals surface area contributed by atoms with Crippen LogP contribution < -0.4 is 10.6 Å². The summed E-state index contributed by atoms with van der Waals surface area (Å²) in [6.45, 7) is 7.86. The molecule has 2 N–H and O–H groups in total. The third kappa shape index (κ3) is 5.50. The first kappa shape index (κ1) is 24.2. The monoisotopic (exact) mass is 503 g/mol. The van der Waals surface area contributed by atoms with Gasteiger partial charge in [-0.2, -0.15) is 5.10 Å². The van der Waals surface area contributed by atoms with Crippen LogP contribution in [0.4, 0.5) is 11.5 Å². The van der Waals surface area contributed by atoms with Crippen LogP contribution in [0.5, 0.6) is 0 Å². The fourth-order valence-electron chi connectivity index (χ4n) is 4.47. The average molecular weight is 504 g/mol. The number of hydrogen-bond acceptors (Lipinski definition) is 6. The Morgan fingerprint density at radius 2 is 2.00 bits per heavy atom. The number of halogens is 1. The van der Waals surface area contributed by atoms with Crippen LogP contribution in [-0.2, 0) is 13.1 Å². The molecule has 0 aliphatic carbocycles. The molecule has 3 heterocycles. The highest BCUT2D eigenvalue weighted by atomic mass is 35.5. The number of nitrogens with one attached hydrogen (secondary N) is 2. The van der Waals surface area contributed by atoms with Crippen molar-refractivity contribution < 1.29 is 4.79 Å². The lowest BCUT2D eigenvalue weighted by atomic mass is 10.1. The molecule has 186 valence electrons. The van der Waals surface area contributed by atoms with Gasteiger partial charge in [0.25, 0.3) is 5.91 Å². The zero-order valence-electron chi connectivity index (χ0n) is 20.5. The smallest absolute Gasteiger partial charge is 0.255 e. The Labute approximate surface area is 215 Å². The summed E-state index contributed by atoms with van der Waals surface area (Å²) >= 11 is 6.51. The number of benzene rings is 2. The van der Waals surface area contributed by atoms with E-state index >= 15 is 0 Å². The number of likely N-dealkylation sites (tertiary alicyclic amines) is 1. The molecule has 0 saturated carbocycles. The van der Waals surface area contributed by atoms with Gasteiger partial charge >= 0.3 is 0 Å². The number of carbonyl (C=O) groups excluding carboxylic acids is 1. The summed E-state index contributed by atoms with van der Waals surface area (Å²) in [5.74, 6) is 0.458. The van der Waals surface area contributed by atoms with Crippen LogP contribution in [0.25, 0.3) is 11.2 Å². The lowest BCUT2D eigenvalue weighted by Gasteiger charge is -2.17. The quantitative estimate of drug-likeness (QED) is 0.329. The molecule has 0 spiro atoms. The Balaban J connectivity index is 1.24. The molecular weight excluding hydrogens is 474 g/mol. The molecule has 2 aromatic carbocycles. The van der Waals surface area contributed by atoms with Crippen molar-refractivity contribution in [1.29, 1.82) is 0 Å². The minimum atomic E-state index is -0.190. The minimum absolute atomic E-state index is 0.0545. The van der Waals surface area contributed by atoms with Gasteiger partial charge < -0.3 is 10.6 Å². The van der Waals surface area contributed by atoms with Gasteiger partial charge in [0.1, 0.15) is 11.3 Å². The van der Waals surface area contributed by atoms with E-state index in [2.05, 4.69) is 30.6 Å². The van der Waals surface area contributed by atoms with E-state index < -0.39 is 0 Å². The van der Waals surface area contributed by atoms with E-state index in [0.29, 0.717) is 27.7 Å². The highest BCUT2D eigenvalue weighted by Crippen LogP contribution is 2.24. The van der Waals surface area contributed by atoms with Gasteiger partial charge in [-0.3, -0.25) is 14.4 Å². The van der Waals surface area contributed by atoms with E-state index in [1.807, 2.05) is 61.1 Å². The fraction of sp³-hybridized carbons (Fsp3) is 0.333. The van der Waals surface area contributed by atoms with Crippen LogP contribution in [0, 0.1) is 0 Å². The highest BCUT2D eigenvalue weighted by molar-refractivity contribution is 6.31. The molecule has 1 aliphatic rings. The summed E-state index contributed by atoms with van der Waals surface area (Å²) in [5, 5.41) is 11.4. The first-order chi connectivity index (χ1) is 17.5. The maximum atomic E-state index is 12.9. The molecule has 2 aromatic heterocycles. The molecule has 0 bridgehead atoms. The molecule has 1 amide bonds. The van der Waals surface area contributed by atoms with Crippen molar-refractivity contribution in [1.82, 2.24) is 24.6 Å². The molecule has 5 rings (SSSR count). The van der Waals surface area contributed by atoms with E-state index in [1.54, 1.807) is 12.3 Å². The van der Waals surface area contributed by atoms with E-state index in [0.717, 1.165) is 42.8 Å². The molecule has 0 radical (unpaired) electrons. The normalized spacial score (nSPS) is 14.8. The third-order valence-corrected chi connectivity index (χ3v) is 6.87. The van der Waals surface area contributed by atoms with Crippen LogP contribution in [0.1, 0.15) is 54.2 Å². The Morgan fingerprint density at radius 3 is 2.78 bits per heavy atom. The van der Waals surface area contributed by atoms with E-state index in [-0.39, 0.29) is 11.9 Å². The van der Waals surface area contributed by atoms with Gasteiger partial charge in [-0.25, -0.2) is 9.97 Å². The van der Waals surface area contributed by atoms with Crippen LogP contribution in [0.3, 0.4) is 0 Å². The Kier molecular flexibility index (Phi) is 7.16. The first-order valence-corrected chi connectivity index (χ1v) is 12.7. The fourth-order valence-corrected chi connectivity index (χ4v) is 4.71. The summed E-state index contributed by atoms with van der Waals surface area (Å²) in [6, 6.07) is 13.3. The second-order valence-electron chi connectivity index (χ2n) is 9.18. The molecule has 8 nitrogen and oxygen atoms in total. The molecule has 9 heteroatoms. The maximum Gasteiger partial charge on any atom is 0.255 e. The van der Waals surface area contributed by atoms with Crippen LogP contribution in [0.15, 0.2) is 54.9 Å². The van der Waals surface area contributed by atoms with Gasteiger partial charge in [-0.1, -0.05) is 29.8 Å². The molecular formula is C27H30ClN7O. The standard InChI is InChI=1S/C27H30ClN7O/c1-3-35-17-24-26(33-35)32-25(15-29-24)30-18(2)19-7-6-8-22(13-19)31-27(36)20-9-10-21(23(28)14-20)16-34-11-4-5-12-34/h6-10,13-15,17-18H,3-5,11-12,16H2,1-2H3,(H,31,36)(H,30,32,33)/t18-/m0/s1. The van der Waals surface area contributed by atoms with Gasteiger partial charge in [-0.15, -0.1) is 0 Å². The number of hydrogen-bond donors (Lipinski definition) is 2. The minimum Gasteiger partial charge on any atom is -0.362 e. The Hall–Kier alpha value is -3.49. The van der Waals surface area contributed by atoms with Gasteiger partial charge in [0.2, 0.25) is 5.65 Å². The van der Waals surface area contributed by atoms with Crippen molar-refractivity contribution in [3.8, 4) is 0 Å². The lowest BCUT2D eigenvalue weighted by molar-refractivity contribution is 0.102. The molecule has 1 aliphatic heterocycles. The first-order valence-electron chi connectivity index (χ1n) is 12.4. The van der Waals surface area contributed by atoms with Crippen LogP contribution in [-0.4, -0.2) is 43.6 Å². The van der Waals surface area contributed by atoms with Crippen molar-refractivity contribution in [3.05, 3.63) is 76.6 Å². The number of carbonyl (C=O) groups is 1. The number of amides is 1. The zero-order chi connectivity index (χ0) is 25.1. The van der Waals surface area contributed by atoms with Crippen molar-refractivity contribution in [3.63, 3.8) is 0 Å². The summed E-state index contributed by atoms with van der Waals surface area (Å²) in [7, 11) is 0. The van der Waals surface area contributed by atoms with Crippen molar-refractivity contribution in [2.45, 2.75) is 45.8 Å². The molecule has 1 saturated heterocycles. The number of rotatable bonds is 8. The van der Waals surface area contributed by atoms with Crippen molar-refractivity contribution in [2.75, 3.05) is 23.7 Å². The highest BCUT2D eigenvalue weighted by Gasteiger charge is 2.16. The summed E-state index contributed by atoms with van der Waals surface area (Å²) in [4.78, 5) is 24.3. The van der Waals surface area contributed by atoms with E-state index in [4.69, 9.17) is 11.6 Å². The second-order valence-corrected chi connectivity index (χ2v) is 9.59. The molecule has 1 atom stereocenters. The average Bonchev–Trinajstić information content (AvgIpc) is 3.54. The Bertz CT molecular complexity index is 1380. The predicted molar refractivity (Wildman–Crippen MR) is 143 cm³/mol. The summed E-state index contributed by atoms with van der Waals surface area (Å²) < 4.78 is 1.82. The van der Waals surface area contributed by atoms with Crippen molar-refractivity contribution >= 4 is 40.2 Å². The number of anilines is 2. The van der Waals surface area contributed by atoms with Gasteiger partial charge in [0.15, 0.2) is 0 Å². The number of aryl methyl sites for hydroxylation is 1. The third-order valence-electron chi connectivity index (χ3n) is 6.52. The van der Waals surface area contributed by atoms with E-state index in [9.17, 15) is 4.79 Å². The van der Waals surface area contributed by atoms with Gasteiger partial charge in [0.05, 0.1) is 18.4 Å². The van der Waals surface area contributed by atoms with Gasteiger partial charge in [-0.05, 0) is 75.2 Å². The van der Waals surface area contributed by atoms with Crippen molar-refractivity contribution in [2.24, 2.45) is 0 Å². The maximum absolute atomic E-state index is 12.9. The second kappa shape index (κ2) is 10.6. The lowest BCUT2D eigenvalue weighted by Crippen LogP contribution is -2.19. The molecule has 36 heavy (non-hydrogen) atoms. The largest absolute Gasteiger partial charge is 0.362 e. The summed E-state index contributed by atoms with van der Waals surface area (Å²) in [5.41, 5.74) is 4.69. The molecule has 4 aromatic rings. The number of fused-ring (bicyclic) bond motifs is 1. The van der Waals surface area contributed by atoms with Crippen LogP contribution in [0.2, 0.25) is 5.02 Å². The molecule has 1 fully saturated rings. The summed E-state index contributed by atoms with van der Waals surface area (Å²) in [6.07, 6.45) is 6.07. The Morgan fingerprint density at radius 1 is 1.17 bits per heavy atom. The SMILES string of the molecule is CCn1cc2ncc(N[C@@H](C)c3cccc(NC(=O)c4ccc(CN5CCCC5)c(Cl)c4)c3)nc2n1. The van der Waals surface area contributed by atoms with Crippen LogP contribution >= 0.6 is 11.6 Å². The number of nitrogens with zero attached hydrogens (tertiary/aromatic N) is 5. The zero-order valence-corrected chi connectivity index (χ0v) is 21.3. The predicted octanol–water partition coefficient (Wildman–Crippen LogP) is 5.52. The topological polar surface area (TPSA) is 88.0 Å².